The van der Waals surface area contributed by atoms with E-state index >= 15 is 0 Å². The minimum atomic E-state index is -4.20. The second-order valence-electron chi connectivity index (χ2n) is 9.59. The van der Waals surface area contributed by atoms with Crippen molar-refractivity contribution in [3.63, 3.8) is 0 Å². The van der Waals surface area contributed by atoms with E-state index in [9.17, 15) is 18.0 Å². The number of hydrogen-bond donors (Lipinski definition) is 1. The number of methoxy groups -OCH3 is 1. The molecule has 0 saturated heterocycles. The van der Waals surface area contributed by atoms with Gasteiger partial charge in [0.25, 0.3) is 10.0 Å². The van der Waals surface area contributed by atoms with Crippen molar-refractivity contribution in [3.8, 4) is 5.75 Å². The molecule has 11 heteroatoms. The van der Waals surface area contributed by atoms with Gasteiger partial charge in [-0.1, -0.05) is 53.0 Å². The first-order valence-electron chi connectivity index (χ1n) is 12.6. The third-order valence-corrected chi connectivity index (χ3v) is 8.71. The van der Waals surface area contributed by atoms with Gasteiger partial charge >= 0.3 is 0 Å². The van der Waals surface area contributed by atoms with Crippen LogP contribution in [0.4, 0.5) is 5.69 Å². The van der Waals surface area contributed by atoms with E-state index in [4.69, 9.17) is 27.9 Å². The minimum absolute atomic E-state index is 0.0139. The lowest BCUT2D eigenvalue weighted by Crippen LogP contribution is -2.52. The summed E-state index contributed by atoms with van der Waals surface area (Å²) in [6.45, 7) is 6.33. The predicted octanol–water partition coefficient (Wildman–Crippen LogP) is 5.45. The van der Waals surface area contributed by atoms with Gasteiger partial charge in [0.1, 0.15) is 18.3 Å². The van der Waals surface area contributed by atoms with Crippen molar-refractivity contribution >= 4 is 50.7 Å². The maximum Gasteiger partial charge on any atom is 0.264 e. The van der Waals surface area contributed by atoms with E-state index in [1.54, 1.807) is 69.3 Å². The van der Waals surface area contributed by atoms with E-state index in [1.807, 2.05) is 6.92 Å². The average Bonchev–Trinajstić information content (AvgIpc) is 2.91. The Morgan fingerprint density at radius 2 is 1.55 bits per heavy atom. The number of rotatable bonds is 11. The van der Waals surface area contributed by atoms with E-state index < -0.39 is 34.4 Å². The van der Waals surface area contributed by atoms with Crippen molar-refractivity contribution in [1.29, 1.82) is 0 Å². The van der Waals surface area contributed by atoms with E-state index in [0.29, 0.717) is 21.4 Å². The topological polar surface area (TPSA) is 96.0 Å². The molecule has 214 valence electrons. The fourth-order valence-corrected chi connectivity index (χ4v) is 5.90. The summed E-state index contributed by atoms with van der Waals surface area (Å²) in [6, 6.07) is 16.6. The Labute approximate surface area is 245 Å². The molecule has 0 aliphatic rings. The van der Waals surface area contributed by atoms with Gasteiger partial charge in [0.2, 0.25) is 11.8 Å². The molecule has 0 unspecified atom stereocenters. The second kappa shape index (κ2) is 13.4. The summed E-state index contributed by atoms with van der Waals surface area (Å²) in [5.41, 5.74) is 1.55. The Balaban J connectivity index is 2.09. The average molecular weight is 607 g/mol. The largest absolute Gasteiger partial charge is 0.497 e. The zero-order valence-electron chi connectivity index (χ0n) is 23.0. The van der Waals surface area contributed by atoms with Crippen LogP contribution in [-0.2, 0) is 26.2 Å². The van der Waals surface area contributed by atoms with Crippen LogP contribution >= 0.6 is 23.2 Å². The smallest absolute Gasteiger partial charge is 0.264 e. The standard InChI is InChI=1S/C29H33Cl2N3O5S/c1-19(2)32-29(36)21(4)33(17-25-26(30)10-7-11-27(25)31)28(35)18-34(22-8-6-9-23(16-22)39-5)40(37,38)24-14-12-20(3)13-15-24/h6-16,19,21H,17-18H2,1-5H3,(H,32,36)/t21-/m0/s1. The van der Waals surface area contributed by atoms with E-state index in [0.717, 1.165) is 9.87 Å². The third kappa shape index (κ3) is 7.47. The first-order chi connectivity index (χ1) is 18.8. The normalized spacial score (nSPS) is 12.1. The molecule has 1 N–H and O–H groups in total. The van der Waals surface area contributed by atoms with Crippen molar-refractivity contribution < 1.29 is 22.7 Å². The van der Waals surface area contributed by atoms with Gasteiger partial charge in [0.05, 0.1) is 17.7 Å². The van der Waals surface area contributed by atoms with Crippen molar-refractivity contribution in [2.75, 3.05) is 18.0 Å². The summed E-state index contributed by atoms with van der Waals surface area (Å²) < 4.78 is 34.1. The van der Waals surface area contributed by atoms with Crippen LogP contribution in [0.5, 0.6) is 5.75 Å². The molecule has 0 fully saturated rings. The quantitative estimate of drug-likeness (QED) is 0.313. The van der Waals surface area contributed by atoms with Crippen LogP contribution in [0.25, 0.3) is 0 Å². The Morgan fingerprint density at radius 1 is 0.950 bits per heavy atom. The highest BCUT2D eigenvalue weighted by molar-refractivity contribution is 7.92. The van der Waals surface area contributed by atoms with Crippen molar-refractivity contribution in [1.82, 2.24) is 10.2 Å². The van der Waals surface area contributed by atoms with Gasteiger partial charge in [-0.25, -0.2) is 8.42 Å². The number of nitrogens with one attached hydrogen (secondary N) is 1. The van der Waals surface area contributed by atoms with Crippen LogP contribution < -0.4 is 14.4 Å². The molecule has 3 aromatic rings. The molecular formula is C29H33Cl2N3O5S. The van der Waals surface area contributed by atoms with Crippen molar-refractivity contribution in [2.24, 2.45) is 0 Å². The molecule has 3 aromatic carbocycles. The maximum absolute atomic E-state index is 14.0. The third-order valence-electron chi connectivity index (χ3n) is 6.22. The molecule has 0 radical (unpaired) electrons. The van der Waals surface area contributed by atoms with Crippen LogP contribution in [0.3, 0.4) is 0 Å². The molecule has 0 bridgehead atoms. The van der Waals surface area contributed by atoms with E-state index in [-0.39, 0.29) is 23.2 Å². The molecular weight excluding hydrogens is 573 g/mol. The van der Waals surface area contributed by atoms with Crippen LogP contribution in [0.2, 0.25) is 10.0 Å². The van der Waals surface area contributed by atoms with Crippen LogP contribution in [0.1, 0.15) is 31.9 Å². The molecule has 2 amide bonds. The van der Waals surface area contributed by atoms with E-state index in [1.165, 1.54) is 30.2 Å². The highest BCUT2D eigenvalue weighted by atomic mass is 35.5. The molecule has 0 aromatic heterocycles. The summed E-state index contributed by atoms with van der Waals surface area (Å²) >= 11 is 12.8. The molecule has 0 heterocycles. The predicted molar refractivity (Wildman–Crippen MR) is 158 cm³/mol. The molecule has 1 atom stereocenters. The number of amides is 2. The van der Waals surface area contributed by atoms with Gasteiger partial charge < -0.3 is 15.0 Å². The number of ether oxygens (including phenoxy) is 1. The Bertz CT molecular complexity index is 1440. The number of nitrogens with zero attached hydrogens (tertiary/aromatic N) is 2. The van der Waals surface area contributed by atoms with Crippen LogP contribution in [0, 0.1) is 6.92 Å². The Morgan fingerprint density at radius 3 is 2.12 bits per heavy atom. The maximum atomic E-state index is 14.0. The lowest BCUT2D eigenvalue weighted by atomic mass is 10.1. The summed E-state index contributed by atoms with van der Waals surface area (Å²) in [4.78, 5) is 28.3. The van der Waals surface area contributed by atoms with Gasteiger partial charge in [0, 0.05) is 34.3 Å². The van der Waals surface area contributed by atoms with Gasteiger partial charge in [0.15, 0.2) is 0 Å². The molecule has 0 spiro atoms. The zero-order valence-corrected chi connectivity index (χ0v) is 25.3. The van der Waals surface area contributed by atoms with Crippen LogP contribution in [-0.4, -0.2) is 50.9 Å². The summed E-state index contributed by atoms with van der Waals surface area (Å²) in [7, 11) is -2.74. The lowest BCUT2D eigenvalue weighted by Gasteiger charge is -2.32. The summed E-state index contributed by atoms with van der Waals surface area (Å²) in [5, 5.41) is 3.44. The van der Waals surface area contributed by atoms with Crippen LogP contribution in [0.15, 0.2) is 71.6 Å². The van der Waals surface area contributed by atoms with Gasteiger partial charge in [-0.2, -0.15) is 0 Å². The number of hydrogen-bond acceptors (Lipinski definition) is 5. The summed E-state index contributed by atoms with van der Waals surface area (Å²) in [5.74, 6) is -0.611. The van der Waals surface area contributed by atoms with Gasteiger partial charge in [-0.15, -0.1) is 0 Å². The molecule has 8 nitrogen and oxygen atoms in total. The molecule has 3 rings (SSSR count). The van der Waals surface area contributed by atoms with Gasteiger partial charge in [-0.3, -0.25) is 13.9 Å². The molecule has 0 aliphatic heterocycles. The SMILES string of the molecule is COc1cccc(N(CC(=O)N(Cc2c(Cl)cccc2Cl)[C@@H](C)C(=O)NC(C)C)S(=O)(=O)c2ccc(C)cc2)c1. The Hall–Kier alpha value is -3.27. The number of carbonyl (C=O) groups is 2. The highest BCUT2D eigenvalue weighted by Gasteiger charge is 2.33. The zero-order chi connectivity index (χ0) is 29.6. The number of sulfonamides is 1. The molecule has 0 aliphatic carbocycles. The number of halogens is 2. The lowest BCUT2D eigenvalue weighted by molar-refractivity contribution is -0.139. The number of carbonyl (C=O) groups excluding carboxylic acids is 2. The first-order valence-corrected chi connectivity index (χ1v) is 14.8. The number of anilines is 1. The second-order valence-corrected chi connectivity index (χ2v) is 12.3. The molecule has 40 heavy (non-hydrogen) atoms. The van der Waals surface area contributed by atoms with E-state index in [2.05, 4.69) is 5.32 Å². The minimum Gasteiger partial charge on any atom is -0.497 e. The molecule has 0 saturated carbocycles. The van der Waals surface area contributed by atoms with Gasteiger partial charge in [-0.05, 0) is 64.1 Å². The first kappa shape index (κ1) is 31.3. The fourth-order valence-electron chi connectivity index (χ4n) is 3.97. The Kier molecular flexibility index (Phi) is 10.5. The monoisotopic (exact) mass is 605 g/mol. The highest BCUT2D eigenvalue weighted by Crippen LogP contribution is 2.29. The fraction of sp³-hybridized carbons (Fsp3) is 0.310. The van der Waals surface area contributed by atoms with Crippen molar-refractivity contribution in [3.05, 3.63) is 87.9 Å². The number of aryl methyl sites for hydroxylation is 1. The number of benzene rings is 3. The van der Waals surface area contributed by atoms with Crippen molar-refractivity contribution in [2.45, 2.75) is 51.2 Å². The summed E-state index contributed by atoms with van der Waals surface area (Å²) in [6.07, 6.45) is 0.